The molecule has 16 heavy (non-hydrogen) atoms. The zero-order valence-electron chi connectivity index (χ0n) is 9.28. The molecule has 0 atom stereocenters. The highest BCUT2D eigenvalue weighted by atomic mass is 35.5. The minimum Gasteiger partial charge on any atom is -0.396 e. The number of nitrogens with zero attached hydrogens (tertiary/aromatic N) is 2. The van der Waals surface area contributed by atoms with Gasteiger partial charge in [0.25, 0.3) is 0 Å². The van der Waals surface area contributed by atoms with Gasteiger partial charge in [0.05, 0.1) is 11.0 Å². The van der Waals surface area contributed by atoms with E-state index >= 15 is 0 Å². The molecule has 86 valence electrons. The van der Waals surface area contributed by atoms with Gasteiger partial charge < -0.3 is 9.67 Å². The predicted octanol–water partition coefficient (Wildman–Crippen LogP) is 2.63. The van der Waals surface area contributed by atoms with Crippen molar-refractivity contribution < 1.29 is 5.11 Å². The van der Waals surface area contributed by atoms with Crippen molar-refractivity contribution >= 4 is 22.6 Å². The highest BCUT2D eigenvalue weighted by Gasteiger charge is 2.08. The molecule has 0 fully saturated rings. The van der Waals surface area contributed by atoms with Crippen molar-refractivity contribution in [3.05, 3.63) is 29.0 Å². The Labute approximate surface area is 99.7 Å². The standard InChI is InChI=1S/C12H15ClN2O/c1-2-12-14-10-8-9(13)4-5-11(10)15(12)6-3-7-16/h4-5,8,16H,2-3,6-7H2,1H3. The quantitative estimate of drug-likeness (QED) is 0.889. The molecule has 0 unspecified atom stereocenters. The topological polar surface area (TPSA) is 38.0 Å². The summed E-state index contributed by atoms with van der Waals surface area (Å²) < 4.78 is 2.15. The number of hydrogen-bond donors (Lipinski definition) is 1. The van der Waals surface area contributed by atoms with Crippen LogP contribution in [0.5, 0.6) is 0 Å². The summed E-state index contributed by atoms with van der Waals surface area (Å²) in [4.78, 5) is 4.54. The van der Waals surface area contributed by atoms with Crippen LogP contribution in [0.25, 0.3) is 11.0 Å². The fraction of sp³-hybridized carbons (Fsp3) is 0.417. The molecule has 3 nitrogen and oxygen atoms in total. The lowest BCUT2D eigenvalue weighted by atomic mass is 10.3. The number of halogens is 1. The van der Waals surface area contributed by atoms with Crippen LogP contribution in [-0.2, 0) is 13.0 Å². The van der Waals surface area contributed by atoms with Crippen LogP contribution in [0.15, 0.2) is 18.2 Å². The second-order valence-corrected chi connectivity index (χ2v) is 4.18. The number of aryl methyl sites for hydroxylation is 2. The highest BCUT2D eigenvalue weighted by molar-refractivity contribution is 6.31. The van der Waals surface area contributed by atoms with E-state index in [4.69, 9.17) is 16.7 Å². The maximum atomic E-state index is 8.89. The molecule has 1 heterocycles. The Morgan fingerprint density at radius 2 is 2.25 bits per heavy atom. The summed E-state index contributed by atoms with van der Waals surface area (Å²) in [6.45, 7) is 3.09. The van der Waals surface area contributed by atoms with E-state index in [9.17, 15) is 0 Å². The van der Waals surface area contributed by atoms with Crippen molar-refractivity contribution in [2.24, 2.45) is 0 Å². The molecule has 0 aliphatic carbocycles. The number of rotatable bonds is 4. The van der Waals surface area contributed by atoms with Gasteiger partial charge in [0.2, 0.25) is 0 Å². The van der Waals surface area contributed by atoms with Gasteiger partial charge in [-0.3, -0.25) is 0 Å². The van der Waals surface area contributed by atoms with Crippen LogP contribution >= 0.6 is 11.6 Å². The first-order valence-electron chi connectivity index (χ1n) is 5.51. The number of aromatic nitrogens is 2. The summed E-state index contributed by atoms with van der Waals surface area (Å²) in [6, 6.07) is 5.74. The minimum atomic E-state index is 0.205. The molecule has 1 N–H and O–H groups in total. The fourth-order valence-electron chi connectivity index (χ4n) is 1.90. The Hall–Kier alpha value is -1.06. The Kier molecular flexibility index (Phi) is 3.46. The maximum Gasteiger partial charge on any atom is 0.109 e. The van der Waals surface area contributed by atoms with E-state index in [0.717, 1.165) is 36.2 Å². The molecule has 0 saturated carbocycles. The molecule has 0 aliphatic rings. The van der Waals surface area contributed by atoms with Gasteiger partial charge >= 0.3 is 0 Å². The monoisotopic (exact) mass is 238 g/mol. The minimum absolute atomic E-state index is 0.205. The average Bonchev–Trinajstić information content (AvgIpc) is 2.63. The molecule has 2 aromatic rings. The molecule has 4 heteroatoms. The molecule has 0 saturated heterocycles. The number of imidazole rings is 1. The van der Waals surface area contributed by atoms with E-state index in [2.05, 4.69) is 16.5 Å². The van der Waals surface area contributed by atoms with Crippen LogP contribution in [0.3, 0.4) is 0 Å². The Morgan fingerprint density at radius 1 is 1.44 bits per heavy atom. The maximum absolute atomic E-state index is 8.89. The van der Waals surface area contributed by atoms with E-state index in [1.165, 1.54) is 0 Å². The lowest BCUT2D eigenvalue weighted by Crippen LogP contribution is -2.04. The highest BCUT2D eigenvalue weighted by Crippen LogP contribution is 2.21. The summed E-state index contributed by atoms with van der Waals surface area (Å²) in [5, 5.41) is 9.60. The van der Waals surface area contributed by atoms with Crippen LogP contribution in [0.4, 0.5) is 0 Å². The smallest absolute Gasteiger partial charge is 0.109 e. The van der Waals surface area contributed by atoms with E-state index in [1.807, 2.05) is 18.2 Å². The summed E-state index contributed by atoms with van der Waals surface area (Å²) in [6.07, 6.45) is 1.64. The van der Waals surface area contributed by atoms with Crippen molar-refractivity contribution in [3.63, 3.8) is 0 Å². The van der Waals surface area contributed by atoms with E-state index in [0.29, 0.717) is 5.02 Å². The zero-order valence-corrected chi connectivity index (χ0v) is 10.0. The van der Waals surface area contributed by atoms with Crippen LogP contribution in [0.1, 0.15) is 19.2 Å². The van der Waals surface area contributed by atoms with Crippen LogP contribution in [0, 0.1) is 0 Å². The van der Waals surface area contributed by atoms with Crippen molar-refractivity contribution in [3.8, 4) is 0 Å². The first-order chi connectivity index (χ1) is 7.76. The van der Waals surface area contributed by atoms with Gasteiger partial charge in [-0.2, -0.15) is 0 Å². The van der Waals surface area contributed by atoms with Gasteiger partial charge in [-0.25, -0.2) is 4.98 Å². The molecule has 2 rings (SSSR count). The number of hydrogen-bond acceptors (Lipinski definition) is 2. The van der Waals surface area contributed by atoms with Crippen molar-refractivity contribution in [2.75, 3.05) is 6.61 Å². The zero-order chi connectivity index (χ0) is 11.5. The normalized spacial score (nSPS) is 11.2. The summed E-state index contributed by atoms with van der Waals surface area (Å²) in [5.41, 5.74) is 2.02. The third kappa shape index (κ3) is 2.06. The van der Waals surface area contributed by atoms with Gasteiger partial charge in [0.15, 0.2) is 0 Å². The molecule has 0 bridgehead atoms. The first-order valence-corrected chi connectivity index (χ1v) is 5.89. The van der Waals surface area contributed by atoms with E-state index in [1.54, 1.807) is 0 Å². The van der Waals surface area contributed by atoms with E-state index < -0.39 is 0 Å². The molecular weight excluding hydrogens is 224 g/mol. The third-order valence-electron chi connectivity index (χ3n) is 2.65. The first kappa shape index (κ1) is 11.4. The second-order valence-electron chi connectivity index (χ2n) is 3.74. The largest absolute Gasteiger partial charge is 0.396 e. The number of aliphatic hydroxyl groups excluding tert-OH is 1. The lowest BCUT2D eigenvalue weighted by molar-refractivity contribution is 0.280. The SMILES string of the molecule is CCc1nc2cc(Cl)ccc2n1CCCO. The molecule has 0 spiro atoms. The fourth-order valence-corrected chi connectivity index (χ4v) is 2.07. The third-order valence-corrected chi connectivity index (χ3v) is 2.88. The Morgan fingerprint density at radius 3 is 2.94 bits per heavy atom. The number of aliphatic hydroxyl groups is 1. The molecular formula is C12H15ClN2O. The summed E-state index contributed by atoms with van der Waals surface area (Å²) in [5.74, 6) is 1.05. The van der Waals surface area contributed by atoms with Crippen molar-refractivity contribution in [1.29, 1.82) is 0 Å². The number of benzene rings is 1. The van der Waals surface area contributed by atoms with Crippen LogP contribution in [0.2, 0.25) is 5.02 Å². The van der Waals surface area contributed by atoms with Gasteiger partial charge in [-0.05, 0) is 24.6 Å². The average molecular weight is 239 g/mol. The van der Waals surface area contributed by atoms with Gasteiger partial charge in [-0.1, -0.05) is 18.5 Å². The van der Waals surface area contributed by atoms with Crippen LogP contribution in [-0.4, -0.2) is 21.3 Å². The number of fused-ring (bicyclic) bond motifs is 1. The van der Waals surface area contributed by atoms with E-state index in [-0.39, 0.29) is 6.61 Å². The molecule has 1 aromatic heterocycles. The van der Waals surface area contributed by atoms with Gasteiger partial charge in [0.1, 0.15) is 5.82 Å². The van der Waals surface area contributed by atoms with Gasteiger partial charge in [0, 0.05) is 24.6 Å². The van der Waals surface area contributed by atoms with Crippen molar-refractivity contribution in [2.45, 2.75) is 26.3 Å². The van der Waals surface area contributed by atoms with Crippen molar-refractivity contribution in [1.82, 2.24) is 9.55 Å². The molecule has 0 radical (unpaired) electrons. The lowest BCUT2D eigenvalue weighted by Gasteiger charge is -2.06. The summed E-state index contributed by atoms with van der Waals surface area (Å²) in [7, 11) is 0. The molecule has 0 aliphatic heterocycles. The molecule has 0 amide bonds. The predicted molar refractivity (Wildman–Crippen MR) is 65.8 cm³/mol. The Bertz CT molecular complexity index is 493. The second kappa shape index (κ2) is 4.85. The van der Waals surface area contributed by atoms with Crippen LogP contribution < -0.4 is 0 Å². The summed E-state index contributed by atoms with van der Waals surface area (Å²) >= 11 is 5.94. The molecule has 1 aromatic carbocycles. The Balaban J connectivity index is 2.50. The van der Waals surface area contributed by atoms with Gasteiger partial charge in [-0.15, -0.1) is 0 Å².